The lowest BCUT2D eigenvalue weighted by Gasteiger charge is -2.02. The molecule has 0 spiro atoms. The van der Waals surface area contributed by atoms with E-state index in [-0.39, 0.29) is 5.82 Å². The van der Waals surface area contributed by atoms with Gasteiger partial charge in [-0.1, -0.05) is 6.07 Å². The van der Waals surface area contributed by atoms with Gasteiger partial charge in [-0.2, -0.15) is 0 Å². The van der Waals surface area contributed by atoms with Gasteiger partial charge in [0, 0.05) is 0 Å². The largest absolute Gasteiger partial charge is 0.475 e. The second-order valence-corrected chi connectivity index (χ2v) is 4.27. The van der Waals surface area contributed by atoms with E-state index in [2.05, 4.69) is 9.97 Å². The van der Waals surface area contributed by atoms with Gasteiger partial charge < -0.3 is 10.1 Å². The molecule has 3 rings (SSSR count). The molecule has 0 atom stereocenters. The van der Waals surface area contributed by atoms with Gasteiger partial charge in [0.05, 0.1) is 10.9 Å². The number of aromatic nitrogens is 2. The van der Waals surface area contributed by atoms with E-state index >= 15 is 0 Å². The first-order chi connectivity index (χ1) is 8.15. The summed E-state index contributed by atoms with van der Waals surface area (Å²) in [6.45, 7) is 0. The number of aromatic carboxylic acids is 1. The molecule has 5 heteroatoms. The molecule has 2 aromatic rings. The van der Waals surface area contributed by atoms with Gasteiger partial charge in [0.15, 0.2) is 0 Å². The van der Waals surface area contributed by atoms with Gasteiger partial charge in [-0.3, -0.25) is 4.79 Å². The second kappa shape index (κ2) is 3.41. The maximum Gasteiger partial charge on any atom is 0.372 e. The first kappa shape index (κ1) is 10.0. The molecule has 1 aliphatic rings. The third-order valence-electron chi connectivity index (χ3n) is 2.98. The van der Waals surface area contributed by atoms with Crippen molar-refractivity contribution >= 4 is 16.9 Å². The van der Waals surface area contributed by atoms with Crippen LogP contribution in [0.1, 0.15) is 34.9 Å². The van der Waals surface area contributed by atoms with Gasteiger partial charge in [0.25, 0.3) is 5.56 Å². The monoisotopic (exact) mass is 230 g/mol. The van der Waals surface area contributed by atoms with E-state index in [9.17, 15) is 9.59 Å². The Kier molecular flexibility index (Phi) is 2.01. The molecule has 0 unspecified atom stereocenters. The summed E-state index contributed by atoms with van der Waals surface area (Å²) in [5, 5.41) is 9.25. The fourth-order valence-corrected chi connectivity index (χ4v) is 1.93. The highest BCUT2D eigenvalue weighted by Crippen LogP contribution is 2.40. The van der Waals surface area contributed by atoms with Crippen molar-refractivity contribution in [2.45, 2.75) is 18.8 Å². The first-order valence-electron chi connectivity index (χ1n) is 5.42. The van der Waals surface area contributed by atoms with E-state index in [0.717, 1.165) is 18.4 Å². The van der Waals surface area contributed by atoms with Crippen molar-refractivity contribution in [3.05, 3.63) is 39.9 Å². The van der Waals surface area contributed by atoms with Crippen LogP contribution in [0, 0.1) is 0 Å². The molecule has 0 aliphatic heterocycles. The molecule has 1 saturated carbocycles. The number of H-pyrrole nitrogens is 1. The molecule has 1 aromatic heterocycles. The molecule has 0 radical (unpaired) electrons. The summed E-state index contributed by atoms with van der Waals surface area (Å²) in [5.74, 6) is -0.991. The average molecular weight is 230 g/mol. The maximum absolute atomic E-state index is 11.7. The van der Waals surface area contributed by atoms with Crippen molar-refractivity contribution in [2.24, 2.45) is 0 Å². The summed E-state index contributed by atoms with van der Waals surface area (Å²) in [7, 11) is 0. The third-order valence-corrected chi connectivity index (χ3v) is 2.98. The Morgan fingerprint density at radius 3 is 2.82 bits per heavy atom. The summed E-state index contributed by atoms with van der Waals surface area (Å²) >= 11 is 0. The minimum Gasteiger partial charge on any atom is -0.475 e. The summed E-state index contributed by atoms with van der Waals surface area (Å²) in [4.78, 5) is 28.7. The van der Waals surface area contributed by atoms with Crippen molar-refractivity contribution in [2.75, 3.05) is 0 Å². The molecule has 86 valence electrons. The standard InChI is InChI=1S/C12H10N2O3/c15-11-8-5-7(6-1-2-6)3-4-9(8)13-10(14-11)12(16)17/h3-6H,1-2H2,(H,16,17)(H,13,14,15). The molecule has 0 saturated heterocycles. The number of carboxylic acids is 1. The Labute approximate surface area is 96.1 Å². The smallest absolute Gasteiger partial charge is 0.372 e. The quantitative estimate of drug-likeness (QED) is 0.818. The third kappa shape index (κ3) is 1.69. The molecule has 17 heavy (non-hydrogen) atoms. The lowest BCUT2D eigenvalue weighted by Crippen LogP contribution is -2.15. The minimum absolute atomic E-state index is 0.318. The number of fused-ring (bicyclic) bond motifs is 1. The number of hydrogen-bond acceptors (Lipinski definition) is 3. The van der Waals surface area contributed by atoms with Gasteiger partial charge >= 0.3 is 5.97 Å². The van der Waals surface area contributed by atoms with Crippen molar-refractivity contribution < 1.29 is 9.90 Å². The van der Waals surface area contributed by atoms with E-state index in [4.69, 9.17) is 5.11 Å². The number of benzene rings is 1. The van der Waals surface area contributed by atoms with E-state index in [0.29, 0.717) is 16.8 Å². The van der Waals surface area contributed by atoms with Crippen molar-refractivity contribution in [1.82, 2.24) is 9.97 Å². The molecule has 2 N–H and O–H groups in total. The van der Waals surface area contributed by atoms with E-state index in [1.165, 1.54) is 0 Å². The zero-order valence-electron chi connectivity index (χ0n) is 8.93. The topological polar surface area (TPSA) is 83.0 Å². The van der Waals surface area contributed by atoms with Crippen LogP contribution in [0.15, 0.2) is 23.0 Å². The van der Waals surface area contributed by atoms with Crippen LogP contribution in [-0.4, -0.2) is 21.0 Å². The van der Waals surface area contributed by atoms with Gasteiger partial charge in [-0.15, -0.1) is 0 Å². The number of rotatable bonds is 2. The summed E-state index contributed by atoms with van der Waals surface area (Å²) < 4.78 is 0. The van der Waals surface area contributed by atoms with Crippen LogP contribution < -0.4 is 5.56 Å². The van der Waals surface area contributed by atoms with Crippen molar-refractivity contribution in [3.63, 3.8) is 0 Å². The van der Waals surface area contributed by atoms with Gasteiger partial charge in [0.1, 0.15) is 0 Å². The normalized spacial score (nSPS) is 15.1. The van der Waals surface area contributed by atoms with Gasteiger partial charge in [0.2, 0.25) is 5.82 Å². The van der Waals surface area contributed by atoms with Crippen LogP contribution in [0.3, 0.4) is 0 Å². The van der Waals surface area contributed by atoms with Crippen LogP contribution in [0.25, 0.3) is 10.9 Å². The van der Waals surface area contributed by atoms with Crippen LogP contribution >= 0.6 is 0 Å². The fourth-order valence-electron chi connectivity index (χ4n) is 1.93. The maximum atomic E-state index is 11.7. The number of nitrogens with zero attached hydrogens (tertiary/aromatic N) is 1. The molecule has 1 aromatic carbocycles. The minimum atomic E-state index is -1.23. The van der Waals surface area contributed by atoms with Crippen LogP contribution in [0.2, 0.25) is 0 Å². The summed E-state index contributed by atoms with van der Waals surface area (Å²) in [6.07, 6.45) is 2.31. The Morgan fingerprint density at radius 1 is 1.41 bits per heavy atom. The first-order valence-corrected chi connectivity index (χ1v) is 5.42. The van der Waals surface area contributed by atoms with Crippen LogP contribution in [0.5, 0.6) is 0 Å². The van der Waals surface area contributed by atoms with E-state index in [1.807, 2.05) is 12.1 Å². The Bertz CT molecular complexity index is 671. The Hall–Kier alpha value is -2.17. The predicted molar refractivity (Wildman–Crippen MR) is 61.3 cm³/mol. The lowest BCUT2D eigenvalue weighted by molar-refractivity contribution is 0.0683. The van der Waals surface area contributed by atoms with Crippen molar-refractivity contribution in [3.8, 4) is 0 Å². The molecular formula is C12H10N2O3. The predicted octanol–water partition coefficient (Wildman–Crippen LogP) is 1.50. The van der Waals surface area contributed by atoms with Crippen molar-refractivity contribution in [1.29, 1.82) is 0 Å². The highest BCUT2D eigenvalue weighted by atomic mass is 16.4. The SMILES string of the molecule is O=C(O)c1nc2ccc(C3CC3)cc2c(=O)[nH]1. The molecule has 5 nitrogen and oxygen atoms in total. The number of hydrogen-bond donors (Lipinski definition) is 2. The molecule has 1 heterocycles. The zero-order valence-corrected chi connectivity index (χ0v) is 8.93. The average Bonchev–Trinajstić information content (AvgIpc) is 3.12. The number of carboxylic acid groups (broad SMARTS) is 1. The molecular weight excluding hydrogens is 220 g/mol. The number of carbonyl (C=O) groups is 1. The molecule has 1 fully saturated rings. The summed E-state index contributed by atoms with van der Waals surface area (Å²) in [5.41, 5.74) is 1.17. The highest BCUT2D eigenvalue weighted by Gasteiger charge is 2.24. The molecule has 0 bridgehead atoms. The number of nitrogens with one attached hydrogen (secondary N) is 1. The van der Waals surface area contributed by atoms with Gasteiger partial charge in [-0.05, 0) is 36.5 Å². The van der Waals surface area contributed by atoms with Crippen LogP contribution in [-0.2, 0) is 0 Å². The molecule has 0 amide bonds. The van der Waals surface area contributed by atoms with E-state index in [1.54, 1.807) is 6.07 Å². The second-order valence-electron chi connectivity index (χ2n) is 4.27. The zero-order chi connectivity index (χ0) is 12.0. The Balaban J connectivity index is 2.24. The fraction of sp³-hybridized carbons (Fsp3) is 0.250. The molecule has 1 aliphatic carbocycles. The highest BCUT2D eigenvalue weighted by molar-refractivity contribution is 5.87. The lowest BCUT2D eigenvalue weighted by atomic mass is 10.1. The van der Waals surface area contributed by atoms with E-state index < -0.39 is 11.5 Å². The Morgan fingerprint density at radius 2 is 2.18 bits per heavy atom. The number of aromatic amines is 1. The summed E-state index contributed by atoms with van der Waals surface area (Å²) in [6, 6.07) is 5.44. The van der Waals surface area contributed by atoms with Crippen LogP contribution in [0.4, 0.5) is 0 Å². The van der Waals surface area contributed by atoms with Gasteiger partial charge in [-0.25, -0.2) is 9.78 Å².